The van der Waals surface area contributed by atoms with Gasteiger partial charge in [0.15, 0.2) is 0 Å². The van der Waals surface area contributed by atoms with Crippen molar-refractivity contribution in [1.82, 2.24) is 0 Å². The summed E-state index contributed by atoms with van der Waals surface area (Å²) in [5.41, 5.74) is 3.67. The van der Waals surface area contributed by atoms with Crippen LogP contribution in [-0.4, -0.2) is 12.4 Å². The molecule has 2 rings (SSSR count). The Morgan fingerprint density at radius 2 is 1.74 bits per heavy atom. The normalized spacial score (nSPS) is 15.7. The van der Waals surface area contributed by atoms with Crippen LogP contribution >= 0.6 is 0 Å². The Bertz CT molecular complexity index is 457. The van der Waals surface area contributed by atoms with Crippen LogP contribution in [0.5, 0.6) is 5.75 Å². The van der Waals surface area contributed by atoms with Gasteiger partial charge in [-0.2, -0.15) is 0 Å². The molecule has 1 aromatic carbocycles. The maximum atomic E-state index is 12.0. The van der Waals surface area contributed by atoms with Crippen molar-refractivity contribution in [2.75, 3.05) is 6.61 Å². The predicted octanol–water partition coefficient (Wildman–Crippen LogP) is 4.14. The third-order valence-electron chi connectivity index (χ3n) is 4.21. The highest BCUT2D eigenvalue weighted by molar-refractivity contribution is 5.81. The molecular weight excluding hydrogens is 236 g/mol. The summed E-state index contributed by atoms with van der Waals surface area (Å²) in [5.74, 6) is 1.62. The van der Waals surface area contributed by atoms with Gasteiger partial charge in [-0.1, -0.05) is 18.9 Å². The van der Waals surface area contributed by atoms with E-state index in [9.17, 15) is 4.79 Å². The molecule has 0 unspecified atom stereocenters. The van der Waals surface area contributed by atoms with Gasteiger partial charge < -0.3 is 4.74 Å². The van der Waals surface area contributed by atoms with Gasteiger partial charge in [0.2, 0.25) is 0 Å². The SMILES string of the molecule is Cc1cc(C)c(OCCC(=O)C2CCCC2)cc1C. The van der Waals surface area contributed by atoms with Crippen molar-refractivity contribution in [2.45, 2.75) is 52.9 Å². The van der Waals surface area contributed by atoms with Gasteiger partial charge in [-0.05, 0) is 56.4 Å². The second-order valence-electron chi connectivity index (χ2n) is 5.75. The summed E-state index contributed by atoms with van der Waals surface area (Å²) in [6, 6.07) is 4.22. The molecule has 0 atom stereocenters. The molecule has 0 amide bonds. The molecule has 2 nitrogen and oxygen atoms in total. The van der Waals surface area contributed by atoms with Gasteiger partial charge in [-0.3, -0.25) is 4.79 Å². The highest BCUT2D eigenvalue weighted by Gasteiger charge is 2.22. The number of carbonyl (C=O) groups is 1. The first-order valence-corrected chi connectivity index (χ1v) is 7.31. The Morgan fingerprint density at radius 1 is 1.11 bits per heavy atom. The zero-order valence-corrected chi connectivity index (χ0v) is 12.3. The van der Waals surface area contributed by atoms with Crippen molar-refractivity contribution in [3.63, 3.8) is 0 Å². The molecule has 0 saturated heterocycles. The summed E-state index contributed by atoms with van der Waals surface area (Å²) in [7, 11) is 0. The van der Waals surface area contributed by atoms with Crippen molar-refractivity contribution in [2.24, 2.45) is 5.92 Å². The van der Waals surface area contributed by atoms with E-state index in [4.69, 9.17) is 4.74 Å². The molecule has 104 valence electrons. The minimum absolute atomic E-state index is 0.310. The van der Waals surface area contributed by atoms with Crippen molar-refractivity contribution in [1.29, 1.82) is 0 Å². The molecule has 1 saturated carbocycles. The summed E-state index contributed by atoms with van der Waals surface area (Å²) < 4.78 is 5.78. The summed E-state index contributed by atoms with van der Waals surface area (Å²) in [6.45, 7) is 6.76. The van der Waals surface area contributed by atoms with Crippen LogP contribution in [0.15, 0.2) is 12.1 Å². The van der Waals surface area contributed by atoms with Crippen molar-refractivity contribution >= 4 is 5.78 Å². The first kappa shape index (κ1) is 14.1. The van der Waals surface area contributed by atoms with Crippen LogP contribution in [0.1, 0.15) is 48.8 Å². The Balaban J connectivity index is 1.85. The largest absolute Gasteiger partial charge is 0.493 e. The number of aryl methyl sites for hydroxylation is 3. The fourth-order valence-electron chi connectivity index (χ4n) is 2.80. The van der Waals surface area contributed by atoms with E-state index >= 15 is 0 Å². The van der Waals surface area contributed by atoms with E-state index in [1.54, 1.807) is 0 Å². The fraction of sp³-hybridized carbons (Fsp3) is 0.588. The number of benzene rings is 1. The zero-order valence-electron chi connectivity index (χ0n) is 12.3. The highest BCUT2D eigenvalue weighted by Crippen LogP contribution is 2.27. The molecule has 0 heterocycles. The summed E-state index contributed by atoms with van der Waals surface area (Å²) in [5, 5.41) is 0. The van der Waals surface area contributed by atoms with Crippen LogP contribution in [0, 0.1) is 26.7 Å². The smallest absolute Gasteiger partial charge is 0.139 e. The maximum Gasteiger partial charge on any atom is 0.139 e. The third-order valence-corrected chi connectivity index (χ3v) is 4.21. The second kappa shape index (κ2) is 6.23. The quantitative estimate of drug-likeness (QED) is 0.795. The minimum atomic E-state index is 0.310. The van der Waals surface area contributed by atoms with E-state index in [-0.39, 0.29) is 0 Å². The summed E-state index contributed by atoms with van der Waals surface area (Å²) in [4.78, 5) is 12.0. The summed E-state index contributed by atoms with van der Waals surface area (Å²) >= 11 is 0. The van der Waals surface area contributed by atoms with Gasteiger partial charge in [-0.25, -0.2) is 0 Å². The molecule has 0 aromatic heterocycles. The molecule has 0 bridgehead atoms. The first-order chi connectivity index (χ1) is 9.08. The standard InChI is InChI=1S/C17H24O2/c1-12-10-14(3)17(11-13(12)2)19-9-8-16(18)15-6-4-5-7-15/h10-11,15H,4-9H2,1-3H3. The van der Waals surface area contributed by atoms with Gasteiger partial charge in [-0.15, -0.1) is 0 Å². The topological polar surface area (TPSA) is 26.3 Å². The van der Waals surface area contributed by atoms with E-state index in [0.29, 0.717) is 24.7 Å². The van der Waals surface area contributed by atoms with Crippen LogP contribution < -0.4 is 4.74 Å². The predicted molar refractivity (Wildman–Crippen MR) is 77.7 cm³/mol. The second-order valence-corrected chi connectivity index (χ2v) is 5.75. The van der Waals surface area contributed by atoms with Crippen LogP contribution in [-0.2, 0) is 4.79 Å². The molecular formula is C17H24O2. The van der Waals surface area contributed by atoms with Gasteiger partial charge in [0.1, 0.15) is 11.5 Å². The Morgan fingerprint density at radius 3 is 2.42 bits per heavy atom. The first-order valence-electron chi connectivity index (χ1n) is 7.31. The van der Waals surface area contributed by atoms with Gasteiger partial charge in [0.25, 0.3) is 0 Å². The van der Waals surface area contributed by atoms with E-state index in [0.717, 1.165) is 24.2 Å². The highest BCUT2D eigenvalue weighted by atomic mass is 16.5. The number of hydrogen-bond acceptors (Lipinski definition) is 2. The van der Waals surface area contributed by atoms with Crippen LogP contribution in [0.2, 0.25) is 0 Å². The summed E-state index contributed by atoms with van der Waals surface area (Å²) in [6.07, 6.45) is 5.15. The number of ketones is 1. The Kier molecular flexibility index (Phi) is 4.62. The third kappa shape index (κ3) is 3.59. The van der Waals surface area contributed by atoms with E-state index < -0.39 is 0 Å². The average molecular weight is 260 g/mol. The van der Waals surface area contributed by atoms with Gasteiger partial charge in [0, 0.05) is 12.3 Å². The number of Topliss-reactive ketones (excluding diaryl/α,β-unsaturated/α-hetero) is 1. The molecule has 0 radical (unpaired) electrons. The van der Waals surface area contributed by atoms with Crippen LogP contribution in [0.4, 0.5) is 0 Å². The fourth-order valence-corrected chi connectivity index (χ4v) is 2.80. The lowest BCUT2D eigenvalue weighted by atomic mass is 10.0. The van der Waals surface area contributed by atoms with Gasteiger partial charge >= 0.3 is 0 Å². The molecule has 0 N–H and O–H groups in total. The molecule has 1 aliphatic carbocycles. The molecule has 19 heavy (non-hydrogen) atoms. The lowest BCUT2D eigenvalue weighted by Crippen LogP contribution is -2.14. The van der Waals surface area contributed by atoms with E-state index in [1.807, 2.05) is 0 Å². The Hall–Kier alpha value is -1.31. The van der Waals surface area contributed by atoms with Crippen LogP contribution in [0.25, 0.3) is 0 Å². The van der Waals surface area contributed by atoms with Crippen molar-refractivity contribution < 1.29 is 9.53 Å². The number of carbonyl (C=O) groups excluding carboxylic acids is 1. The minimum Gasteiger partial charge on any atom is -0.493 e. The monoisotopic (exact) mass is 260 g/mol. The molecule has 1 aliphatic rings. The Labute approximate surface area is 116 Å². The van der Waals surface area contributed by atoms with Crippen LogP contribution in [0.3, 0.4) is 0 Å². The molecule has 0 aliphatic heterocycles. The number of ether oxygens (including phenoxy) is 1. The zero-order chi connectivity index (χ0) is 13.8. The van der Waals surface area contributed by atoms with E-state index in [2.05, 4.69) is 32.9 Å². The maximum absolute atomic E-state index is 12.0. The molecule has 0 spiro atoms. The van der Waals surface area contributed by atoms with Gasteiger partial charge in [0.05, 0.1) is 6.61 Å². The average Bonchev–Trinajstić information content (AvgIpc) is 2.89. The van der Waals surface area contributed by atoms with Crippen molar-refractivity contribution in [3.8, 4) is 5.75 Å². The molecule has 1 aromatic rings. The lowest BCUT2D eigenvalue weighted by Gasteiger charge is -2.12. The molecule has 2 heteroatoms. The van der Waals surface area contributed by atoms with E-state index in [1.165, 1.54) is 24.0 Å². The number of rotatable bonds is 5. The number of hydrogen-bond donors (Lipinski definition) is 0. The van der Waals surface area contributed by atoms with Crippen molar-refractivity contribution in [3.05, 3.63) is 28.8 Å². The lowest BCUT2D eigenvalue weighted by molar-refractivity contribution is -0.123. The molecule has 1 fully saturated rings.